The number of hydrogen-bond acceptors (Lipinski definition) is 2. The maximum Gasteiger partial charge on any atom is 0.162 e. The predicted octanol–water partition coefficient (Wildman–Crippen LogP) is 30.1. The van der Waals surface area contributed by atoms with E-state index in [4.69, 9.17) is 11.6 Å². The number of rotatable bonds is 24. The average molecular weight is 1720 g/mol. The van der Waals surface area contributed by atoms with E-state index in [2.05, 4.69) is 302 Å². The second-order valence-electron chi connectivity index (χ2n) is 27.0. The van der Waals surface area contributed by atoms with Crippen LogP contribution in [0, 0.1) is 27.7 Å². The van der Waals surface area contributed by atoms with Gasteiger partial charge in [-0.25, -0.2) is 0 Å². The molecule has 12 aromatic carbocycles. The van der Waals surface area contributed by atoms with Crippen LogP contribution in [-0.4, -0.2) is 15.8 Å². The van der Waals surface area contributed by atoms with E-state index in [0.717, 1.165) is 61.6 Å². The monoisotopic (exact) mass is 1720 g/mol. The summed E-state index contributed by atoms with van der Waals surface area (Å²) in [6, 6.07) is 94.5. The largest absolute Gasteiger partial charge is 0.388 e. The van der Waals surface area contributed by atoms with E-state index in [-0.39, 0.29) is 104 Å². The minimum atomic E-state index is -0.357. The van der Waals surface area contributed by atoms with Crippen molar-refractivity contribution in [2.75, 3.05) is 4.93 Å². The number of Topliss-reactive ketones (excluding diaryl/α,β-unsaturated/α-hetero) is 1. The van der Waals surface area contributed by atoms with Crippen LogP contribution in [0.25, 0.3) is 43.1 Å². The number of aliphatic hydroxyl groups excluding tert-OH is 1. The molecule has 2 nitrogen and oxygen atoms in total. The first-order valence-corrected chi connectivity index (χ1v) is 38.2. The third-order valence-corrected chi connectivity index (χ3v) is 19.7. The van der Waals surface area contributed by atoms with Crippen molar-refractivity contribution in [1.29, 1.82) is 0 Å². The first kappa shape index (κ1) is 93.6. The Morgan fingerprint density at radius 2 is 0.689 bits per heavy atom. The number of alkyl halides is 2. The topological polar surface area (TPSA) is 37.3 Å². The summed E-state index contributed by atoms with van der Waals surface area (Å²) in [5.41, 5.74) is 15.3. The smallest absolute Gasteiger partial charge is 0.162 e. The first-order chi connectivity index (χ1) is 47.2. The quantitative estimate of drug-likeness (QED) is 0.0283. The van der Waals surface area contributed by atoms with E-state index < -0.39 is 0 Å². The Labute approximate surface area is 686 Å². The van der Waals surface area contributed by atoms with Crippen LogP contribution in [0.5, 0.6) is 0 Å². The van der Waals surface area contributed by atoms with Crippen LogP contribution in [0.1, 0.15) is 219 Å². The summed E-state index contributed by atoms with van der Waals surface area (Å²) in [5, 5.41) is 21.3. The van der Waals surface area contributed by atoms with Gasteiger partial charge in [0.15, 0.2) is 5.78 Å². The van der Waals surface area contributed by atoms with E-state index >= 15 is 0 Å². The van der Waals surface area contributed by atoms with E-state index in [1.807, 2.05) is 48.3 Å². The minimum absolute atomic E-state index is 0. The Balaban J connectivity index is 0.000000454. The van der Waals surface area contributed by atoms with Crippen molar-refractivity contribution in [3.63, 3.8) is 0 Å². The standard InChI is InChI=1S/C23H25Cl.C23H26O.C23H24O.C23H26.CH3I.CH4.3ClH.HI.V/c3*1-17-8-5-12-20(16-17)23(24)15-6-9-18(2)21-14-7-11-19-10-3-4-13-22(19)21;1-18-9-7-12-20(17-18)11-4-3-10-19(2)22-16-8-14-21-13-5-6-15-23(21)22;1-2;;;;;;/h3-5,7-8,10-14,16,18,23H,6,9,15H2,1-2H3;3-5,7-8,10-14,16,18,23-24H,6,9,15H2,1-2H3;3-5,7-8,10-14,16,18H,6,9,15H2,1-2H3;5-9,12-17,19H,3-4,10-11H2,1-2H3;1H3;1H4;4*1H;/t2*18-,23?;18-;19-;;;;;;;/m0000......./s1. The SMILES string of the molecule is C.CI.Cc1cccc(C(=O)CCC[C@H](C)c2cccc3ccccc23)c1.Cc1cccc(C(Cl)CCC[C@H](C)c2cccc3ccccc23)c1.Cc1cccc(C(O)CCC[C@H](C)c2cccc3ccccc23)c1.Cc1cccc(CCCC[C@H](C)c2cccc3ccccc23)c1.Cl.Cl.Cl.I.[V]. The molecule has 0 fully saturated rings. The van der Waals surface area contributed by atoms with E-state index in [1.54, 1.807) is 0 Å². The first-order valence-electron chi connectivity index (χ1n) is 35.6. The molecule has 2 unspecified atom stereocenters. The van der Waals surface area contributed by atoms with Gasteiger partial charge in [-0.15, -0.1) is 72.8 Å². The summed E-state index contributed by atoms with van der Waals surface area (Å²) in [4.78, 5) is 14.3. The molecule has 0 aliphatic carbocycles. The Kier molecular flexibility index (Phi) is 45.6. The maximum absolute atomic E-state index is 12.3. The predicted molar refractivity (Wildman–Crippen MR) is 475 cm³/mol. The summed E-state index contributed by atoms with van der Waals surface area (Å²) < 4.78 is 0. The third-order valence-electron chi connectivity index (χ3n) is 19.3. The van der Waals surface area contributed by atoms with Crippen molar-refractivity contribution in [2.45, 2.75) is 181 Å². The van der Waals surface area contributed by atoms with Gasteiger partial charge in [0, 0.05) is 30.5 Å². The van der Waals surface area contributed by atoms with E-state index in [9.17, 15) is 9.90 Å². The van der Waals surface area contributed by atoms with Gasteiger partial charge in [-0.3, -0.25) is 4.79 Å². The minimum Gasteiger partial charge on any atom is -0.388 e. The fraction of sp³-hybridized carbons (Fsp3) is 0.309. The maximum atomic E-state index is 12.3. The molecule has 12 aromatic rings. The summed E-state index contributed by atoms with van der Waals surface area (Å²) in [5.74, 6) is 2.39. The van der Waals surface area contributed by atoms with Gasteiger partial charge in [-0.05, 0) is 209 Å². The fourth-order valence-electron chi connectivity index (χ4n) is 13.8. The van der Waals surface area contributed by atoms with Crippen LogP contribution in [0.4, 0.5) is 0 Å². The van der Waals surface area contributed by atoms with E-state index in [1.165, 1.54) is 125 Å². The number of fused-ring (bicyclic) bond motifs is 4. The number of aliphatic hydroxyl groups is 1. The van der Waals surface area contributed by atoms with Crippen molar-refractivity contribution in [3.8, 4) is 0 Å². The second kappa shape index (κ2) is 50.1. The molecule has 547 valence electrons. The van der Waals surface area contributed by atoms with E-state index in [0.29, 0.717) is 30.1 Å². The van der Waals surface area contributed by atoms with Gasteiger partial charge in [0.1, 0.15) is 0 Å². The van der Waals surface area contributed by atoms with Gasteiger partial charge < -0.3 is 5.11 Å². The average Bonchev–Trinajstić information content (AvgIpc) is 0.833. The Bertz CT molecular complexity index is 4220. The van der Waals surface area contributed by atoms with Gasteiger partial charge in [-0.1, -0.05) is 354 Å². The number of halogens is 6. The number of carbonyl (C=O) groups excluding carboxylic acids is 1. The Hall–Kier alpha value is -5.49. The zero-order valence-electron chi connectivity index (χ0n) is 61.3. The normalized spacial score (nSPS) is 12.1. The zero-order valence-corrected chi connectivity index (χ0v) is 70.3. The number of benzene rings is 12. The molecule has 103 heavy (non-hydrogen) atoms. The molecule has 0 spiro atoms. The molecule has 6 atom stereocenters. The van der Waals surface area contributed by atoms with Crippen molar-refractivity contribution in [2.24, 2.45) is 0 Å². The summed E-state index contributed by atoms with van der Waals surface area (Å²) in [6.07, 6.45) is 13.5. The van der Waals surface area contributed by atoms with Gasteiger partial charge in [-0.2, -0.15) is 0 Å². The van der Waals surface area contributed by atoms with Crippen molar-refractivity contribution in [3.05, 3.63) is 334 Å². The van der Waals surface area contributed by atoms with Crippen LogP contribution in [-0.2, 0) is 25.0 Å². The summed E-state index contributed by atoms with van der Waals surface area (Å²) >= 11 is 8.75. The second-order valence-corrected chi connectivity index (χ2v) is 27.5. The van der Waals surface area contributed by atoms with Crippen molar-refractivity contribution >= 4 is 144 Å². The molecule has 0 bridgehead atoms. The summed E-state index contributed by atoms with van der Waals surface area (Å²) in [6.45, 7) is 17.6. The molecular formula is C94H112Cl4I2O2V. The van der Waals surface area contributed by atoms with Gasteiger partial charge in [0.05, 0.1) is 11.5 Å². The van der Waals surface area contributed by atoms with Crippen molar-refractivity contribution < 1.29 is 28.5 Å². The molecule has 1 radical (unpaired) electrons. The Morgan fingerprint density at radius 3 is 1.10 bits per heavy atom. The molecule has 9 heteroatoms. The van der Waals surface area contributed by atoms with Gasteiger partial charge >= 0.3 is 0 Å². The molecule has 0 heterocycles. The van der Waals surface area contributed by atoms with Crippen LogP contribution >= 0.6 is 95.4 Å². The number of unbranched alkanes of at least 4 members (excludes halogenated alkanes) is 1. The molecule has 0 saturated heterocycles. The Morgan fingerprint density at radius 1 is 0.369 bits per heavy atom. The molecule has 0 amide bonds. The van der Waals surface area contributed by atoms with Gasteiger partial charge in [0.2, 0.25) is 0 Å². The molecule has 1 N–H and O–H groups in total. The number of hydrogen-bond donors (Lipinski definition) is 1. The third kappa shape index (κ3) is 29.3. The molecule has 0 saturated carbocycles. The molecule has 0 aromatic heterocycles. The molecular weight excluding hydrogens is 1610 g/mol. The van der Waals surface area contributed by atoms with Crippen LogP contribution in [0.2, 0.25) is 0 Å². The molecule has 12 rings (SSSR count). The van der Waals surface area contributed by atoms with Crippen LogP contribution in [0.3, 0.4) is 0 Å². The van der Waals surface area contributed by atoms with Gasteiger partial charge in [0.25, 0.3) is 0 Å². The number of ketones is 1. The zero-order chi connectivity index (χ0) is 68.9. The fourth-order valence-corrected chi connectivity index (χ4v) is 14.1. The molecule has 0 aliphatic heterocycles. The number of aryl methyl sites for hydroxylation is 5. The van der Waals surface area contributed by atoms with Crippen molar-refractivity contribution in [1.82, 2.24) is 0 Å². The summed E-state index contributed by atoms with van der Waals surface area (Å²) in [7, 11) is 0. The van der Waals surface area contributed by atoms with Crippen LogP contribution < -0.4 is 0 Å². The molecule has 0 aliphatic rings. The van der Waals surface area contributed by atoms with Crippen LogP contribution in [0.15, 0.2) is 267 Å². The number of carbonyl (C=O) groups is 1.